The molecule has 2 N–H and O–H groups in total. The van der Waals surface area contributed by atoms with Crippen LogP contribution in [0.4, 0.5) is 5.69 Å². The number of hydrogen-bond acceptors (Lipinski definition) is 5. The summed E-state index contributed by atoms with van der Waals surface area (Å²) in [5.74, 6) is 0.615. The van der Waals surface area contributed by atoms with Gasteiger partial charge in [0.25, 0.3) is 0 Å². The molecule has 108 valence electrons. The summed E-state index contributed by atoms with van der Waals surface area (Å²) in [6, 6.07) is 5.27. The van der Waals surface area contributed by atoms with E-state index in [4.69, 9.17) is 9.47 Å². The number of aromatic hydroxyl groups is 1. The zero-order chi connectivity index (χ0) is 14.4. The van der Waals surface area contributed by atoms with Crippen molar-refractivity contribution >= 4 is 5.69 Å². The largest absolute Gasteiger partial charge is 0.504 e. The highest BCUT2D eigenvalue weighted by atomic mass is 16.5. The van der Waals surface area contributed by atoms with Gasteiger partial charge in [0.2, 0.25) is 0 Å². The Kier molecular flexibility index (Phi) is 4.84. The molecule has 20 heavy (non-hydrogen) atoms. The molecule has 2 aromatic rings. The van der Waals surface area contributed by atoms with Crippen molar-refractivity contribution in [2.75, 3.05) is 26.1 Å². The Labute approximate surface area is 117 Å². The van der Waals surface area contributed by atoms with E-state index in [1.807, 2.05) is 16.9 Å². The second-order valence-corrected chi connectivity index (χ2v) is 4.34. The van der Waals surface area contributed by atoms with Gasteiger partial charge in [0, 0.05) is 19.9 Å². The van der Waals surface area contributed by atoms with Crippen LogP contribution < -0.4 is 10.1 Å². The summed E-state index contributed by atoms with van der Waals surface area (Å²) in [4.78, 5) is 0. The fourth-order valence-corrected chi connectivity index (χ4v) is 1.80. The van der Waals surface area contributed by atoms with E-state index < -0.39 is 0 Å². The van der Waals surface area contributed by atoms with Crippen molar-refractivity contribution in [1.82, 2.24) is 9.78 Å². The number of anilines is 1. The maximum absolute atomic E-state index is 9.54. The van der Waals surface area contributed by atoms with Crippen LogP contribution in [0.25, 0.3) is 0 Å². The van der Waals surface area contributed by atoms with E-state index in [9.17, 15) is 5.11 Å². The molecule has 0 fully saturated rings. The van der Waals surface area contributed by atoms with E-state index in [2.05, 4.69) is 10.4 Å². The molecule has 6 heteroatoms. The van der Waals surface area contributed by atoms with Gasteiger partial charge in [-0.1, -0.05) is 6.07 Å². The Bertz CT molecular complexity index is 554. The van der Waals surface area contributed by atoms with Gasteiger partial charge in [-0.05, 0) is 17.7 Å². The van der Waals surface area contributed by atoms with Crippen molar-refractivity contribution in [2.24, 2.45) is 0 Å². The first-order valence-corrected chi connectivity index (χ1v) is 6.34. The molecule has 0 aliphatic rings. The highest BCUT2D eigenvalue weighted by molar-refractivity contribution is 5.44. The van der Waals surface area contributed by atoms with E-state index in [0.717, 1.165) is 17.8 Å². The number of rotatable bonds is 7. The molecule has 1 heterocycles. The minimum absolute atomic E-state index is 0.142. The number of phenols is 1. The Hall–Kier alpha value is -2.21. The summed E-state index contributed by atoms with van der Waals surface area (Å²) in [5, 5.41) is 17.0. The highest BCUT2D eigenvalue weighted by Gasteiger charge is 2.03. The molecule has 0 amide bonds. The van der Waals surface area contributed by atoms with Gasteiger partial charge in [-0.2, -0.15) is 5.10 Å². The van der Waals surface area contributed by atoms with Crippen molar-refractivity contribution in [3.8, 4) is 11.5 Å². The molecule has 0 radical (unpaired) electrons. The average molecular weight is 277 g/mol. The Balaban J connectivity index is 1.93. The van der Waals surface area contributed by atoms with Crippen molar-refractivity contribution in [1.29, 1.82) is 0 Å². The predicted octanol–water partition coefficient (Wildman–Crippen LogP) is 1.86. The standard InChI is InChI=1S/C14H19N3O3/c1-19-6-5-17-10-12(9-16-17)15-8-11-3-4-13(18)14(7-11)20-2/h3-4,7,9-10,15,18H,5-6,8H2,1-2H3. The van der Waals surface area contributed by atoms with Crippen LogP contribution in [0.2, 0.25) is 0 Å². The highest BCUT2D eigenvalue weighted by Crippen LogP contribution is 2.26. The molecular formula is C14H19N3O3. The van der Waals surface area contributed by atoms with Gasteiger partial charge in [0.05, 0.1) is 32.1 Å². The minimum atomic E-state index is 0.142. The summed E-state index contributed by atoms with van der Waals surface area (Å²) < 4.78 is 11.9. The molecular weight excluding hydrogens is 258 g/mol. The van der Waals surface area contributed by atoms with E-state index in [-0.39, 0.29) is 5.75 Å². The third kappa shape index (κ3) is 3.64. The number of aromatic nitrogens is 2. The van der Waals surface area contributed by atoms with Crippen LogP contribution >= 0.6 is 0 Å². The zero-order valence-corrected chi connectivity index (χ0v) is 11.7. The second-order valence-electron chi connectivity index (χ2n) is 4.34. The number of ether oxygens (including phenoxy) is 2. The molecule has 0 saturated heterocycles. The summed E-state index contributed by atoms with van der Waals surface area (Å²) in [6.45, 7) is 1.99. The maximum Gasteiger partial charge on any atom is 0.160 e. The monoisotopic (exact) mass is 277 g/mol. The summed E-state index contributed by atoms with van der Waals surface area (Å²) in [5.41, 5.74) is 1.96. The lowest BCUT2D eigenvalue weighted by Gasteiger charge is -2.07. The number of methoxy groups -OCH3 is 2. The number of phenolic OH excluding ortho intramolecular Hbond substituents is 1. The van der Waals surface area contributed by atoms with Crippen molar-refractivity contribution < 1.29 is 14.6 Å². The maximum atomic E-state index is 9.54. The van der Waals surface area contributed by atoms with Crippen molar-refractivity contribution in [3.63, 3.8) is 0 Å². The Morgan fingerprint density at radius 1 is 1.35 bits per heavy atom. The van der Waals surface area contributed by atoms with Crippen LogP contribution in [0.1, 0.15) is 5.56 Å². The third-order valence-electron chi connectivity index (χ3n) is 2.90. The first kappa shape index (κ1) is 14.2. The molecule has 2 rings (SSSR count). The summed E-state index contributed by atoms with van der Waals surface area (Å²) >= 11 is 0. The lowest BCUT2D eigenvalue weighted by Crippen LogP contribution is -2.04. The molecule has 0 unspecified atom stereocenters. The zero-order valence-electron chi connectivity index (χ0n) is 11.7. The second kappa shape index (κ2) is 6.81. The van der Waals surface area contributed by atoms with Crippen LogP contribution in [0.15, 0.2) is 30.6 Å². The molecule has 0 aliphatic carbocycles. The Morgan fingerprint density at radius 2 is 2.20 bits per heavy atom. The van der Waals surface area contributed by atoms with Crippen molar-refractivity contribution in [3.05, 3.63) is 36.2 Å². The van der Waals surface area contributed by atoms with Crippen LogP contribution in [-0.2, 0) is 17.8 Å². The lowest BCUT2D eigenvalue weighted by molar-refractivity contribution is 0.183. The first-order chi connectivity index (χ1) is 9.72. The van der Waals surface area contributed by atoms with Gasteiger partial charge in [-0.15, -0.1) is 0 Å². The van der Waals surface area contributed by atoms with Gasteiger partial charge >= 0.3 is 0 Å². The van der Waals surface area contributed by atoms with Crippen molar-refractivity contribution in [2.45, 2.75) is 13.1 Å². The smallest absolute Gasteiger partial charge is 0.160 e. The molecule has 1 aromatic heterocycles. The van der Waals surface area contributed by atoms with E-state index in [0.29, 0.717) is 18.9 Å². The SMILES string of the molecule is COCCn1cc(NCc2ccc(O)c(OC)c2)cn1. The fourth-order valence-electron chi connectivity index (χ4n) is 1.80. The molecule has 0 spiro atoms. The van der Waals surface area contributed by atoms with Gasteiger partial charge in [0.1, 0.15) is 0 Å². The van der Waals surface area contributed by atoms with Gasteiger partial charge in [-0.3, -0.25) is 4.68 Å². The summed E-state index contributed by atoms with van der Waals surface area (Å²) in [7, 11) is 3.20. The van der Waals surface area contributed by atoms with E-state index in [1.54, 1.807) is 25.4 Å². The van der Waals surface area contributed by atoms with Crippen LogP contribution in [-0.4, -0.2) is 35.7 Å². The van der Waals surface area contributed by atoms with Gasteiger partial charge in [0.15, 0.2) is 11.5 Å². The quantitative estimate of drug-likeness (QED) is 0.808. The van der Waals surface area contributed by atoms with Crippen LogP contribution in [0.3, 0.4) is 0 Å². The lowest BCUT2D eigenvalue weighted by atomic mass is 10.2. The van der Waals surface area contributed by atoms with Gasteiger partial charge < -0.3 is 19.9 Å². The Morgan fingerprint density at radius 3 is 2.95 bits per heavy atom. The molecule has 0 bridgehead atoms. The van der Waals surface area contributed by atoms with Crippen LogP contribution in [0, 0.1) is 0 Å². The fraction of sp³-hybridized carbons (Fsp3) is 0.357. The van der Waals surface area contributed by atoms with E-state index >= 15 is 0 Å². The summed E-state index contributed by atoms with van der Waals surface area (Å²) in [6.07, 6.45) is 3.70. The first-order valence-electron chi connectivity index (χ1n) is 6.34. The molecule has 0 aliphatic heterocycles. The number of benzene rings is 1. The third-order valence-corrected chi connectivity index (χ3v) is 2.90. The number of nitrogens with one attached hydrogen (secondary N) is 1. The van der Waals surface area contributed by atoms with Crippen LogP contribution in [0.5, 0.6) is 11.5 Å². The molecule has 1 aromatic carbocycles. The number of nitrogens with zero attached hydrogens (tertiary/aromatic N) is 2. The van der Waals surface area contributed by atoms with Gasteiger partial charge in [-0.25, -0.2) is 0 Å². The molecule has 0 atom stereocenters. The topological polar surface area (TPSA) is 68.5 Å². The average Bonchev–Trinajstić information content (AvgIpc) is 2.92. The number of hydrogen-bond donors (Lipinski definition) is 2. The minimum Gasteiger partial charge on any atom is -0.504 e. The molecule has 0 saturated carbocycles. The normalized spacial score (nSPS) is 10.5. The molecule has 6 nitrogen and oxygen atoms in total. The van der Waals surface area contributed by atoms with E-state index in [1.165, 1.54) is 7.11 Å². The predicted molar refractivity (Wildman–Crippen MR) is 76.1 cm³/mol.